The molecular formula is C14H21NO4S. The third-order valence-corrected chi connectivity index (χ3v) is 4.94. The van der Waals surface area contributed by atoms with Crippen molar-refractivity contribution in [3.8, 4) is 0 Å². The van der Waals surface area contributed by atoms with Crippen molar-refractivity contribution in [3.63, 3.8) is 0 Å². The van der Waals surface area contributed by atoms with E-state index in [9.17, 15) is 13.2 Å². The van der Waals surface area contributed by atoms with Gasteiger partial charge in [-0.25, -0.2) is 13.1 Å². The van der Waals surface area contributed by atoms with E-state index in [2.05, 4.69) is 25.5 Å². The molecule has 20 heavy (non-hydrogen) atoms. The number of carbonyl (C=O) groups is 1. The van der Waals surface area contributed by atoms with Gasteiger partial charge in [-0.15, -0.1) is 0 Å². The van der Waals surface area contributed by atoms with Gasteiger partial charge in [-0.3, -0.25) is 4.79 Å². The minimum atomic E-state index is -3.64. The zero-order valence-electron chi connectivity index (χ0n) is 12.0. The van der Waals surface area contributed by atoms with E-state index in [1.165, 1.54) is 0 Å². The summed E-state index contributed by atoms with van der Waals surface area (Å²) in [4.78, 5) is 10.5. The van der Waals surface area contributed by atoms with E-state index < -0.39 is 16.0 Å². The second-order valence-corrected chi connectivity index (χ2v) is 7.07. The summed E-state index contributed by atoms with van der Waals surface area (Å²) >= 11 is 0. The van der Waals surface area contributed by atoms with Gasteiger partial charge in [0.2, 0.25) is 10.0 Å². The lowest BCUT2D eigenvalue weighted by Crippen LogP contribution is -2.26. The van der Waals surface area contributed by atoms with Gasteiger partial charge in [-0.2, -0.15) is 0 Å². The molecule has 0 aromatic heterocycles. The fraction of sp³-hybridized carbons (Fsp3) is 0.500. The first-order valence-corrected chi connectivity index (χ1v) is 7.99. The molecule has 0 radical (unpaired) electrons. The van der Waals surface area contributed by atoms with Crippen molar-refractivity contribution in [1.82, 2.24) is 4.72 Å². The maximum Gasteiger partial charge on any atom is 0.304 e. The average Bonchev–Trinajstić information content (AvgIpc) is 2.38. The Bertz CT molecular complexity index is 561. The Kier molecular flexibility index (Phi) is 5.30. The fourth-order valence-electron chi connectivity index (χ4n) is 1.67. The molecule has 0 aliphatic rings. The zero-order valence-corrected chi connectivity index (χ0v) is 12.8. The highest BCUT2D eigenvalue weighted by atomic mass is 32.2. The Labute approximate surface area is 120 Å². The van der Waals surface area contributed by atoms with Gasteiger partial charge >= 0.3 is 5.97 Å². The Morgan fingerprint density at radius 1 is 1.25 bits per heavy atom. The van der Waals surface area contributed by atoms with Crippen molar-refractivity contribution in [2.75, 3.05) is 6.54 Å². The van der Waals surface area contributed by atoms with Crippen LogP contribution < -0.4 is 4.72 Å². The molecule has 1 aromatic carbocycles. The number of carboxylic acid groups (broad SMARTS) is 1. The van der Waals surface area contributed by atoms with Gasteiger partial charge in [-0.05, 0) is 29.5 Å². The molecule has 0 saturated carbocycles. The normalized spacial score (nSPS) is 12.3. The summed E-state index contributed by atoms with van der Waals surface area (Å²) in [5, 5.41) is 8.50. The van der Waals surface area contributed by atoms with Gasteiger partial charge in [-0.1, -0.05) is 32.9 Å². The topological polar surface area (TPSA) is 83.5 Å². The highest BCUT2D eigenvalue weighted by Gasteiger charge is 2.19. The summed E-state index contributed by atoms with van der Waals surface area (Å²) in [6, 6.07) is 6.70. The number of aliphatic carboxylic acids is 1. The largest absolute Gasteiger partial charge is 0.481 e. The molecule has 1 rings (SSSR count). The monoisotopic (exact) mass is 299 g/mol. The lowest BCUT2D eigenvalue weighted by atomic mass is 9.82. The number of hydrogen-bond acceptors (Lipinski definition) is 3. The molecule has 0 heterocycles. The van der Waals surface area contributed by atoms with E-state index in [0.29, 0.717) is 0 Å². The van der Waals surface area contributed by atoms with E-state index in [0.717, 1.165) is 12.0 Å². The Morgan fingerprint density at radius 3 is 2.25 bits per heavy atom. The van der Waals surface area contributed by atoms with Crippen LogP contribution in [0.2, 0.25) is 0 Å². The van der Waals surface area contributed by atoms with E-state index in [1.807, 2.05) is 0 Å². The van der Waals surface area contributed by atoms with E-state index in [4.69, 9.17) is 5.11 Å². The third kappa shape index (κ3) is 4.31. The van der Waals surface area contributed by atoms with Crippen molar-refractivity contribution in [2.45, 2.75) is 43.9 Å². The van der Waals surface area contributed by atoms with Crippen LogP contribution in [0.1, 0.15) is 39.2 Å². The van der Waals surface area contributed by atoms with Crippen molar-refractivity contribution in [2.24, 2.45) is 0 Å². The van der Waals surface area contributed by atoms with Crippen LogP contribution >= 0.6 is 0 Å². The highest BCUT2D eigenvalue weighted by molar-refractivity contribution is 7.89. The average molecular weight is 299 g/mol. The molecule has 0 unspecified atom stereocenters. The predicted octanol–water partition coefficient (Wildman–Crippen LogP) is 2.13. The van der Waals surface area contributed by atoms with Crippen molar-refractivity contribution >= 4 is 16.0 Å². The molecule has 0 aliphatic carbocycles. The van der Waals surface area contributed by atoms with Crippen molar-refractivity contribution in [1.29, 1.82) is 0 Å². The summed E-state index contributed by atoms with van der Waals surface area (Å²) in [6.45, 7) is 6.17. The Balaban J connectivity index is 2.85. The fourth-order valence-corrected chi connectivity index (χ4v) is 2.70. The SMILES string of the molecule is CCC(C)(C)c1ccc(S(=O)(=O)NCCC(=O)O)cc1. The molecule has 1 aromatic rings. The second-order valence-electron chi connectivity index (χ2n) is 5.30. The van der Waals surface area contributed by atoms with E-state index in [1.54, 1.807) is 24.3 Å². The zero-order chi connectivity index (χ0) is 15.4. The molecule has 0 spiro atoms. The maximum absolute atomic E-state index is 11.9. The van der Waals surface area contributed by atoms with Crippen LogP contribution in [-0.2, 0) is 20.2 Å². The van der Waals surface area contributed by atoms with Crippen LogP contribution in [0.5, 0.6) is 0 Å². The van der Waals surface area contributed by atoms with Gasteiger partial charge in [0.15, 0.2) is 0 Å². The standard InChI is InChI=1S/C14H21NO4S/c1-4-14(2,3)11-5-7-12(8-6-11)20(18,19)15-10-9-13(16)17/h5-8,15H,4,9-10H2,1-3H3,(H,16,17). The number of carboxylic acids is 1. The highest BCUT2D eigenvalue weighted by Crippen LogP contribution is 2.27. The van der Waals surface area contributed by atoms with Gasteiger partial charge < -0.3 is 5.11 Å². The number of hydrogen-bond donors (Lipinski definition) is 2. The smallest absolute Gasteiger partial charge is 0.304 e. The third-order valence-electron chi connectivity index (χ3n) is 3.46. The van der Waals surface area contributed by atoms with Gasteiger partial charge in [0, 0.05) is 6.54 Å². The minimum Gasteiger partial charge on any atom is -0.481 e. The molecule has 0 aliphatic heterocycles. The van der Waals surface area contributed by atoms with E-state index in [-0.39, 0.29) is 23.3 Å². The number of sulfonamides is 1. The first kappa shape index (κ1) is 16.7. The van der Waals surface area contributed by atoms with Crippen LogP contribution in [0, 0.1) is 0 Å². The summed E-state index contributed by atoms with van der Waals surface area (Å²) in [5.41, 5.74) is 1.07. The predicted molar refractivity (Wildman–Crippen MR) is 77.2 cm³/mol. The minimum absolute atomic E-state index is 0.000964. The van der Waals surface area contributed by atoms with Crippen LogP contribution in [0.4, 0.5) is 0 Å². The molecule has 0 atom stereocenters. The molecule has 112 valence electrons. The summed E-state index contributed by atoms with van der Waals surface area (Å²) in [7, 11) is -3.64. The lowest BCUT2D eigenvalue weighted by molar-refractivity contribution is -0.136. The Hall–Kier alpha value is -1.40. The molecule has 0 saturated heterocycles. The van der Waals surface area contributed by atoms with Crippen molar-refractivity contribution in [3.05, 3.63) is 29.8 Å². The maximum atomic E-state index is 11.9. The molecular weight excluding hydrogens is 278 g/mol. The molecule has 6 heteroatoms. The van der Waals surface area contributed by atoms with Crippen molar-refractivity contribution < 1.29 is 18.3 Å². The number of rotatable bonds is 7. The lowest BCUT2D eigenvalue weighted by Gasteiger charge is -2.23. The molecule has 2 N–H and O–H groups in total. The van der Waals surface area contributed by atoms with Crippen LogP contribution in [0.15, 0.2) is 29.2 Å². The first-order chi connectivity index (χ1) is 9.19. The van der Waals surface area contributed by atoms with Gasteiger partial charge in [0.25, 0.3) is 0 Å². The Morgan fingerprint density at radius 2 is 1.80 bits per heavy atom. The quantitative estimate of drug-likeness (QED) is 0.808. The van der Waals surface area contributed by atoms with Gasteiger partial charge in [0.1, 0.15) is 0 Å². The van der Waals surface area contributed by atoms with E-state index >= 15 is 0 Å². The summed E-state index contributed by atoms with van der Waals surface area (Å²) in [5.74, 6) is -1.03. The molecule has 5 nitrogen and oxygen atoms in total. The number of nitrogens with one attached hydrogen (secondary N) is 1. The first-order valence-electron chi connectivity index (χ1n) is 6.51. The second kappa shape index (κ2) is 6.37. The summed E-state index contributed by atoms with van der Waals surface area (Å²) in [6.07, 6.45) is 0.718. The molecule has 0 bridgehead atoms. The van der Waals surface area contributed by atoms with Crippen LogP contribution in [-0.4, -0.2) is 26.0 Å². The summed E-state index contributed by atoms with van der Waals surface area (Å²) < 4.78 is 26.2. The number of benzene rings is 1. The van der Waals surface area contributed by atoms with Gasteiger partial charge in [0.05, 0.1) is 11.3 Å². The molecule has 0 fully saturated rings. The van der Waals surface area contributed by atoms with Crippen LogP contribution in [0.3, 0.4) is 0 Å². The van der Waals surface area contributed by atoms with Crippen LogP contribution in [0.25, 0.3) is 0 Å². The molecule has 0 amide bonds.